The molecule has 2 fully saturated rings. The van der Waals surface area contributed by atoms with Gasteiger partial charge in [-0.2, -0.15) is 0 Å². The maximum atomic E-state index is 13.2. The Kier molecular flexibility index (Phi) is 4.50. The summed E-state index contributed by atoms with van der Waals surface area (Å²) in [6.07, 6.45) is 5.17. The molecule has 8 heteroatoms. The van der Waals surface area contributed by atoms with Gasteiger partial charge < -0.3 is 9.42 Å². The van der Waals surface area contributed by atoms with Gasteiger partial charge in [0.1, 0.15) is 17.0 Å². The zero-order valence-electron chi connectivity index (χ0n) is 16.4. The standard InChI is InChI=1S/C22H20ClN3O4/c1-12-18(19(24-30-12)16-8-4-5-9-17(16)23)22(29)25-10-13(11-25)26-20(27)14-6-2-3-7-15(14)21(26)28/h2-5,8-9,13-15H,6-7,10-11H2,1H3/t14-,15-/m0/s1. The second-order valence-electron chi connectivity index (χ2n) is 8.01. The average Bonchev–Trinajstić information content (AvgIpc) is 3.21. The van der Waals surface area contributed by atoms with E-state index in [1.165, 1.54) is 4.90 Å². The Morgan fingerprint density at radius 3 is 2.37 bits per heavy atom. The highest BCUT2D eigenvalue weighted by Crippen LogP contribution is 2.38. The van der Waals surface area contributed by atoms with Gasteiger partial charge >= 0.3 is 0 Å². The van der Waals surface area contributed by atoms with Crippen LogP contribution in [-0.2, 0) is 9.59 Å². The predicted molar refractivity (Wildman–Crippen MR) is 109 cm³/mol. The number of aromatic nitrogens is 1. The molecule has 2 aliphatic heterocycles. The van der Waals surface area contributed by atoms with Gasteiger partial charge in [0.2, 0.25) is 11.8 Å². The first kappa shape index (κ1) is 19.1. The van der Waals surface area contributed by atoms with Crippen molar-refractivity contribution in [2.24, 2.45) is 11.8 Å². The fourth-order valence-electron chi connectivity index (χ4n) is 4.59. The maximum absolute atomic E-state index is 13.2. The zero-order valence-corrected chi connectivity index (χ0v) is 17.1. The lowest BCUT2D eigenvalue weighted by Gasteiger charge is -2.43. The number of nitrogens with zero attached hydrogens (tertiary/aromatic N) is 3. The van der Waals surface area contributed by atoms with Crippen LogP contribution in [0, 0.1) is 18.8 Å². The minimum absolute atomic E-state index is 0.107. The van der Waals surface area contributed by atoms with Crippen LogP contribution in [-0.4, -0.2) is 51.8 Å². The number of hydrogen-bond acceptors (Lipinski definition) is 5. The molecule has 0 spiro atoms. The van der Waals surface area contributed by atoms with Crippen LogP contribution < -0.4 is 0 Å². The van der Waals surface area contributed by atoms with Crippen molar-refractivity contribution in [1.82, 2.24) is 15.0 Å². The van der Waals surface area contributed by atoms with Gasteiger partial charge in [-0.25, -0.2) is 0 Å². The van der Waals surface area contributed by atoms with E-state index in [-0.39, 0.29) is 35.6 Å². The normalized spacial score (nSPS) is 23.7. The van der Waals surface area contributed by atoms with Crippen LogP contribution in [0.4, 0.5) is 0 Å². The Hall–Kier alpha value is -2.93. The Morgan fingerprint density at radius 2 is 1.73 bits per heavy atom. The quantitative estimate of drug-likeness (QED) is 0.557. The van der Waals surface area contributed by atoms with Crippen molar-refractivity contribution in [3.05, 3.63) is 52.8 Å². The molecule has 154 valence electrons. The number of hydrogen-bond donors (Lipinski definition) is 0. The molecular weight excluding hydrogens is 406 g/mol. The lowest BCUT2D eigenvalue weighted by molar-refractivity contribution is -0.145. The summed E-state index contributed by atoms with van der Waals surface area (Å²) < 4.78 is 5.29. The molecule has 2 saturated heterocycles. The molecule has 1 aliphatic carbocycles. The number of rotatable bonds is 3. The molecular formula is C22H20ClN3O4. The summed E-state index contributed by atoms with van der Waals surface area (Å²) in [4.78, 5) is 41.7. The van der Waals surface area contributed by atoms with Gasteiger partial charge in [-0.1, -0.05) is 47.1 Å². The SMILES string of the molecule is Cc1onc(-c2ccccc2Cl)c1C(=O)N1CC(N2C(=O)[C@H]3CC=CC[C@@H]3C2=O)C1. The fourth-order valence-corrected chi connectivity index (χ4v) is 4.81. The van der Waals surface area contributed by atoms with E-state index in [0.717, 1.165) is 0 Å². The summed E-state index contributed by atoms with van der Waals surface area (Å²) in [7, 11) is 0. The molecule has 5 rings (SSSR count). The number of imide groups is 1. The van der Waals surface area contributed by atoms with E-state index in [9.17, 15) is 14.4 Å². The van der Waals surface area contributed by atoms with Gasteiger partial charge in [0.05, 0.1) is 22.9 Å². The van der Waals surface area contributed by atoms with Gasteiger partial charge in [0.15, 0.2) is 0 Å². The second kappa shape index (κ2) is 7.09. The van der Waals surface area contributed by atoms with E-state index < -0.39 is 0 Å². The molecule has 0 unspecified atom stereocenters. The molecule has 0 saturated carbocycles. The van der Waals surface area contributed by atoms with Crippen molar-refractivity contribution in [2.75, 3.05) is 13.1 Å². The average molecular weight is 426 g/mol. The Bertz CT molecular complexity index is 1060. The van der Waals surface area contributed by atoms with Crippen molar-refractivity contribution >= 4 is 29.3 Å². The molecule has 1 aromatic heterocycles. The third-order valence-electron chi connectivity index (χ3n) is 6.26. The first-order chi connectivity index (χ1) is 14.5. The molecule has 7 nitrogen and oxygen atoms in total. The minimum Gasteiger partial charge on any atom is -0.360 e. The number of allylic oxidation sites excluding steroid dienone is 2. The van der Waals surface area contributed by atoms with Crippen molar-refractivity contribution in [3.8, 4) is 11.3 Å². The molecule has 2 aromatic rings. The number of carbonyl (C=O) groups is 3. The van der Waals surface area contributed by atoms with Gasteiger partial charge in [-0.3, -0.25) is 19.3 Å². The Labute approximate surface area is 178 Å². The molecule has 1 aromatic carbocycles. The van der Waals surface area contributed by atoms with Gasteiger partial charge in [-0.15, -0.1) is 0 Å². The van der Waals surface area contributed by atoms with Crippen LogP contribution >= 0.6 is 11.6 Å². The fraction of sp³-hybridized carbons (Fsp3) is 0.364. The van der Waals surface area contributed by atoms with Crippen LogP contribution in [0.15, 0.2) is 40.9 Å². The van der Waals surface area contributed by atoms with Gasteiger partial charge in [-0.05, 0) is 25.8 Å². The highest BCUT2D eigenvalue weighted by atomic mass is 35.5. The highest BCUT2D eigenvalue weighted by molar-refractivity contribution is 6.33. The van der Waals surface area contributed by atoms with E-state index in [0.29, 0.717) is 53.5 Å². The van der Waals surface area contributed by atoms with E-state index >= 15 is 0 Å². The molecule has 3 heterocycles. The summed E-state index contributed by atoms with van der Waals surface area (Å²) in [5.74, 6) is -0.547. The first-order valence-corrected chi connectivity index (χ1v) is 10.4. The summed E-state index contributed by atoms with van der Waals surface area (Å²) in [5.41, 5.74) is 1.38. The smallest absolute Gasteiger partial charge is 0.259 e. The molecule has 0 N–H and O–H groups in total. The predicted octanol–water partition coefficient (Wildman–Crippen LogP) is 3.08. The van der Waals surface area contributed by atoms with Gasteiger partial charge in [0, 0.05) is 18.7 Å². The zero-order chi connectivity index (χ0) is 21.0. The van der Waals surface area contributed by atoms with Crippen LogP contribution in [0.5, 0.6) is 0 Å². The molecule has 0 radical (unpaired) electrons. The molecule has 0 bridgehead atoms. The highest BCUT2D eigenvalue weighted by Gasteiger charge is 2.52. The maximum Gasteiger partial charge on any atom is 0.259 e. The summed E-state index contributed by atoms with van der Waals surface area (Å²) in [5, 5.41) is 4.52. The number of likely N-dealkylation sites (tertiary alicyclic amines) is 2. The van der Waals surface area contributed by atoms with Crippen molar-refractivity contribution < 1.29 is 18.9 Å². The topological polar surface area (TPSA) is 83.7 Å². The van der Waals surface area contributed by atoms with E-state index in [1.807, 2.05) is 18.2 Å². The van der Waals surface area contributed by atoms with Crippen molar-refractivity contribution in [3.63, 3.8) is 0 Å². The Morgan fingerprint density at radius 1 is 1.10 bits per heavy atom. The number of benzene rings is 1. The lowest BCUT2D eigenvalue weighted by Crippen LogP contribution is -2.62. The Balaban J connectivity index is 1.34. The number of fused-ring (bicyclic) bond motifs is 1. The minimum atomic E-state index is -0.275. The van der Waals surface area contributed by atoms with Crippen molar-refractivity contribution in [1.29, 1.82) is 0 Å². The summed E-state index contributed by atoms with van der Waals surface area (Å²) in [6, 6.07) is 6.86. The molecule has 3 aliphatic rings. The number of aryl methyl sites for hydroxylation is 1. The van der Waals surface area contributed by atoms with E-state index in [4.69, 9.17) is 16.1 Å². The van der Waals surface area contributed by atoms with Crippen LogP contribution in [0.3, 0.4) is 0 Å². The summed E-state index contributed by atoms with van der Waals surface area (Å²) in [6.45, 7) is 2.31. The lowest BCUT2D eigenvalue weighted by atomic mass is 9.85. The third kappa shape index (κ3) is 2.80. The van der Waals surface area contributed by atoms with Crippen LogP contribution in [0.25, 0.3) is 11.3 Å². The van der Waals surface area contributed by atoms with Crippen molar-refractivity contribution in [2.45, 2.75) is 25.8 Å². The first-order valence-electron chi connectivity index (χ1n) is 9.99. The third-order valence-corrected chi connectivity index (χ3v) is 6.59. The van der Waals surface area contributed by atoms with Crippen LogP contribution in [0.2, 0.25) is 5.02 Å². The molecule has 2 atom stereocenters. The largest absolute Gasteiger partial charge is 0.360 e. The monoisotopic (exact) mass is 425 g/mol. The van der Waals surface area contributed by atoms with Gasteiger partial charge in [0.25, 0.3) is 5.91 Å². The number of halogens is 1. The van der Waals surface area contributed by atoms with Crippen LogP contribution in [0.1, 0.15) is 29.0 Å². The molecule has 30 heavy (non-hydrogen) atoms. The van der Waals surface area contributed by atoms with E-state index in [2.05, 4.69) is 5.16 Å². The number of carbonyl (C=O) groups excluding carboxylic acids is 3. The second-order valence-corrected chi connectivity index (χ2v) is 8.42. The summed E-state index contributed by atoms with van der Waals surface area (Å²) >= 11 is 6.28. The molecule has 3 amide bonds. The number of amides is 3. The van der Waals surface area contributed by atoms with E-state index in [1.54, 1.807) is 30.0 Å².